The number of aliphatic hydroxyl groups is 1. The van der Waals surface area contributed by atoms with Crippen LogP contribution in [0.15, 0.2) is 109 Å². The predicted octanol–water partition coefficient (Wildman–Crippen LogP) is 4.88. The standard InChI is InChI=1S/C77H95FN10O13/c1-5-49-17-21-51(22-18-49)37-61-76(100)88-33-12-30-77(88,4)66(92)16-11-13-50-19-23-52(24-20-50)44-86-32-9-7-6-8-31-85-45-56(59-41-57(78)25-27-63(59)85)39-55-40-64(91)60(81-72(96)62(42-79)83-71(95)47(2)35-58(90)26-28-68(86)94)38-53-14-10-15-54(36-53)43-80-67(93)46-101-65-29-34-87(75(55)99)70(65)74(98)84-69(48(3)89)73(97)82-61/h6,8,10,14-15,17-25,27,36,41,45,47-48,55,60-62,65,69-70,89H,5,7,9,11-13,16,26,28-35,37-40,42-44,46,79H2,1-4H3,(H,80,93)(H,81,96)(H,82,97)(H,83,95)(H,84,98)/t47-,48-,55-,60+,61+,62-,65+,69+,70+,77+/m1/s1. The van der Waals surface area contributed by atoms with Gasteiger partial charge in [-0.2, -0.15) is 0 Å². The molecule has 5 aromatic rings. The van der Waals surface area contributed by atoms with Crippen LogP contribution in [0, 0.1) is 17.7 Å². The molecular weight excluding hydrogens is 1290 g/mol. The van der Waals surface area contributed by atoms with Crippen LogP contribution in [0.3, 0.4) is 0 Å². The van der Waals surface area contributed by atoms with Gasteiger partial charge in [-0.15, -0.1) is 0 Å². The molecule has 1 aromatic heterocycles. The number of amides is 8. The number of aliphatic hydroxyl groups excluding tert-OH is 1. The smallest absolute Gasteiger partial charge is 0.246 e. The van der Waals surface area contributed by atoms with E-state index in [9.17, 15) is 33.9 Å². The van der Waals surface area contributed by atoms with Crippen molar-refractivity contribution < 1.29 is 67.0 Å². The second-order valence-corrected chi connectivity index (χ2v) is 28.0. The zero-order chi connectivity index (χ0) is 72.1. The van der Waals surface area contributed by atoms with Crippen molar-refractivity contribution in [1.82, 2.24) is 45.9 Å². The lowest BCUT2D eigenvalue weighted by Gasteiger charge is -2.37. The zero-order valence-corrected chi connectivity index (χ0v) is 58.1. The molecule has 23 nitrogen and oxygen atoms in total. The van der Waals surface area contributed by atoms with Crippen LogP contribution in [0.5, 0.6) is 0 Å². The minimum absolute atomic E-state index is 0.0240. The lowest BCUT2D eigenvalue weighted by Crippen LogP contribution is -2.62. The number of halogens is 1. The maximum atomic E-state index is 16.1. The molecule has 11 rings (SSSR count). The van der Waals surface area contributed by atoms with Crippen LogP contribution in [0.1, 0.15) is 137 Å². The zero-order valence-electron chi connectivity index (χ0n) is 58.1. The number of hydrogen-bond acceptors (Lipinski definition) is 14. The van der Waals surface area contributed by atoms with E-state index >= 15 is 28.4 Å². The molecule has 0 radical (unpaired) electrons. The SMILES string of the molecule is CCc1ccc(C[C@@H]2NC(=O)[C@H]([C@@H](C)O)NC(=O)[C@@H]3[C@@H]4CCN3C(=O)[C@H]3CC(=O)[C@H](Cc5cccc(c5)CNC(=O)CO4)NC(=O)[C@@H](CN)NC(=O)[C@H](C)CC(=O)CCC(=O)N(CCCC=CCn4cc(c5cc(F)ccc54)C3)Cc3ccc(cc3)CCCC(=O)[C@]3(C)CCCN3C2=O)cc1. The number of aryl methyl sites for hydroxylation is 2. The quantitative estimate of drug-likeness (QED) is 0.115. The minimum atomic E-state index is -1.79. The fraction of sp³-hybridized carbons (Fsp3) is 0.494. The Labute approximate surface area is 588 Å². The van der Waals surface area contributed by atoms with E-state index in [1.165, 1.54) is 35.8 Å². The van der Waals surface area contributed by atoms with Gasteiger partial charge in [0.2, 0.25) is 47.3 Å². The van der Waals surface area contributed by atoms with Gasteiger partial charge in [0.25, 0.3) is 0 Å². The van der Waals surface area contributed by atoms with Crippen LogP contribution in [0.2, 0.25) is 0 Å². The number of hydrogen-bond donors (Lipinski definition) is 7. The number of ether oxygens (including phenoxy) is 1. The maximum absolute atomic E-state index is 16.1. The van der Waals surface area contributed by atoms with Crippen molar-refractivity contribution in [3.63, 3.8) is 0 Å². The van der Waals surface area contributed by atoms with Crippen molar-refractivity contribution in [2.45, 2.75) is 198 Å². The minimum Gasteiger partial charge on any atom is -0.391 e. The number of nitrogens with one attached hydrogen (secondary N) is 5. The highest BCUT2D eigenvalue weighted by Gasteiger charge is 2.49. The Hall–Kier alpha value is -9.26. The van der Waals surface area contributed by atoms with Crippen molar-refractivity contribution in [2.75, 3.05) is 32.8 Å². The molecule has 4 aromatic carbocycles. The Kier molecular flexibility index (Phi) is 25.0. The average molecular weight is 1390 g/mol. The largest absolute Gasteiger partial charge is 0.391 e. The number of aromatic nitrogens is 1. The molecule has 2 fully saturated rings. The first kappa shape index (κ1) is 74.4. The number of carbonyl (C=O) groups excluding carboxylic acids is 11. The van der Waals surface area contributed by atoms with E-state index in [4.69, 9.17) is 10.5 Å². The van der Waals surface area contributed by atoms with E-state index in [2.05, 4.69) is 26.6 Å². The van der Waals surface area contributed by atoms with Gasteiger partial charge in [0, 0.05) is 113 Å². The van der Waals surface area contributed by atoms with Crippen molar-refractivity contribution >= 4 is 75.5 Å². The first-order chi connectivity index (χ1) is 48.5. The van der Waals surface area contributed by atoms with Gasteiger partial charge in [-0.3, -0.25) is 52.7 Å². The highest BCUT2D eigenvalue weighted by molar-refractivity contribution is 6.00. The lowest BCUT2D eigenvalue weighted by molar-refractivity contribution is -0.148. The number of fused-ring (bicyclic) bond motifs is 16. The molecule has 6 aliphatic heterocycles. The summed E-state index contributed by atoms with van der Waals surface area (Å²) in [7, 11) is 0. The van der Waals surface area contributed by atoms with E-state index < -0.39 is 132 Å². The second kappa shape index (κ2) is 33.9. The van der Waals surface area contributed by atoms with Gasteiger partial charge < -0.3 is 61.4 Å². The molecule has 0 aliphatic carbocycles. The first-order valence-corrected chi connectivity index (χ1v) is 35.6. The molecule has 8 N–H and O–H groups in total. The number of rotatable bonds is 5. The van der Waals surface area contributed by atoms with Gasteiger partial charge in [-0.1, -0.05) is 98.8 Å². The topological polar surface area (TPSA) is 318 Å². The first-order valence-electron chi connectivity index (χ1n) is 35.6. The molecule has 101 heavy (non-hydrogen) atoms. The molecule has 8 amide bonds. The monoisotopic (exact) mass is 1390 g/mol. The van der Waals surface area contributed by atoms with Gasteiger partial charge in [0.15, 0.2) is 11.6 Å². The molecule has 0 spiro atoms. The summed E-state index contributed by atoms with van der Waals surface area (Å²) in [6.45, 7) is 6.31. The molecule has 6 aliphatic rings. The number of nitrogens with zero attached hydrogens (tertiary/aromatic N) is 4. The summed E-state index contributed by atoms with van der Waals surface area (Å²) >= 11 is 0. The number of Topliss-reactive ketones (excluding diaryl/α,β-unsaturated/α-hetero) is 3. The lowest BCUT2D eigenvalue weighted by atomic mass is 9.88. The van der Waals surface area contributed by atoms with Gasteiger partial charge in [-0.25, -0.2) is 4.39 Å². The summed E-state index contributed by atoms with van der Waals surface area (Å²) in [5.41, 5.74) is 10.6. The molecule has 2 saturated heterocycles. The van der Waals surface area contributed by atoms with E-state index in [1.54, 1.807) is 48.4 Å². The number of benzene rings is 4. The number of nitrogens with two attached hydrogens (primary N) is 1. The Morgan fingerprint density at radius 3 is 2.20 bits per heavy atom. The highest BCUT2D eigenvalue weighted by Crippen LogP contribution is 2.35. The third kappa shape index (κ3) is 18.6. The Morgan fingerprint density at radius 1 is 0.703 bits per heavy atom. The van der Waals surface area contributed by atoms with Gasteiger partial charge in [-0.05, 0) is 135 Å². The van der Waals surface area contributed by atoms with Gasteiger partial charge in [0.1, 0.15) is 42.4 Å². The second-order valence-electron chi connectivity index (χ2n) is 28.0. The average Bonchev–Trinajstić information content (AvgIpc) is 1.68. The number of carbonyl (C=O) groups is 11. The summed E-state index contributed by atoms with van der Waals surface area (Å²) < 4.78 is 23.8. The van der Waals surface area contributed by atoms with E-state index in [0.29, 0.717) is 78.2 Å². The summed E-state index contributed by atoms with van der Waals surface area (Å²) in [5, 5.41) is 25.8. The van der Waals surface area contributed by atoms with Crippen molar-refractivity contribution in [3.05, 3.63) is 154 Å². The number of allylic oxidation sites excluding steroid dienone is 2. The Morgan fingerprint density at radius 2 is 1.45 bits per heavy atom. The summed E-state index contributed by atoms with van der Waals surface area (Å²) in [6, 6.07) is 18.8. The summed E-state index contributed by atoms with van der Waals surface area (Å²) in [5.74, 6) is -9.83. The summed E-state index contributed by atoms with van der Waals surface area (Å²) in [4.78, 5) is 167. The summed E-state index contributed by atoms with van der Waals surface area (Å²) in [6.07, 6.45) is 4.88. The van der Waals surface area contributed by atoms with E-state index in [0.717, 1.165) is 23.1 Å². The molecule has 0 saturated carbocycles. The molecule has 12 bridgehead atoms. The van der Waals surface area contributed by atoms with Gasteiger partial charge >= 0.3 is 0 Å². The van der Waals surface area contributed by atoms with Crippen molar-refractivity contribution in [1.29, 1.82) is 0 Å². The van der Waals surface area contributed by atoms with Gasteiger partial charge in [0.05, 0.1) is 23.8 Å². The normalized spacial score (nSPS) is 26.3. The fourth-order valence-electron chi connectivity index (χ4n) is 14.6. The Balaban J connectivity index is 1.09. The molecule has 10 atom stereocenters. The van der Waals surface area contributed by atoms with Crippen LogP contribution in [0.4, 0.5) is 4.39 Å². The highest BCUT2D eigenvalue weighted by atomic mass is 19.1. The maximum Gasteiger partial charge on any atom is 0.246 e. The van der Waals surface area contributed by atoms with Crippen LogP contribution in [-0.4, -0.2) is 170 Å². The van der Waals surface area contributed by atoms with E-state index in [-0.39, 0.29) is 102 Å². The van der Waals surface area contributed by atoms with Crippen LogP contribution < -0.4 is 32.3 Å². The van der Waals surface area contributed by atoms with Crippen molar-refractivity contribution in [2.24, 2.45) is 17.6 Å². The molecule has 538 valence electrons. The fourth-order valence-corrected chi connectivity index (χ4v) is 14.6. The Bertz CT molecular complexity index is 3930. The molecule has 24 heteroatoms. The molecule has 0 unspecified atom stereocenters. The van der Waals surface area contributed by atoms with Crippen LogP contribution >= 0.6 is 0 Å². The molecular formula is C77H95FN10O13. The predicted molar refractivity (Wildman–Crippen MR) is 374 cm³/mol. The van der Waals surface area contributed by atoms with Crippen LogP contribution in [0.25, 0.3) is 10.9 Å². The van der Waals surface area contributed by atoms with Crippen molar-refractivity contribution in [3.8, 4) is 0 Å². The third-order valence-corrected chi connectivity index (χ3v) is 20.5. The van der Waals surface area contributed by atoms with E-state index in [1.807, 2.05) is 72.2 Å². The van der Waals surface area contributed by atoms with Crippen LogP contribution in [-0.2, 0) is 109 Å². The number of ketones is 3. The third-order valence-electron chi connectivity index (χ3n) is 20.5. The molecule has 7 heterocycles.